The lowest BCUT2D eigenvalue weighted by atomic mass is 10.3. The molecule has 0 bridgehead atoms. The van der Waals surface area contributed by atoms with E-state index >= 15 is 0 Å². The summed E-state index contributed by atoms with van der Waals surface area (Å²) in [5.74, 6) is 0.274. The highest BCUT2D eigenvalue weighted by Gasteiger charge is 2.16. The lowest BCUT2D eigenvalue weighted by molar-refractivity contribution is -0.384. The van der Waals surface area contributed by atoms with Crippen molar-refractivity contribution in [1.29, 1.82) is 0 Å². The molecule has 0 aliphatic carbocycles. The normalized spacial score (nSPS) is 11.2. The van der Waals surface area contributed by atoms with Gasteiger partial charge in [0.1, 0.15) is 16.4 Å². The molecule has 0 spiro atoms. The van der Waals surface area contributed by atoms with Crippen LogP contribution in [0.25, 0.3) is 0 Å². The Morgan fingerprint density at radius 3 is 2.27 bits per heavy atom. The Balaban J connectivity index is 2.32. The van der Waals surface area contributed by atoms with Crippen LogP contribution in [0.2, 0.25) is 10.0 Å². The maximum absolute atomic E-state index is 11.0. The van der Waals surface area contributed by atoms with Crippen molar-refractivity contribution in [1.82, 2.24) is 0 Å². The molecule has 116 valence electrons. The molecule has 0 aliphatic heterocycles. The van der Waals surface area contributed by atoms with Crippen molar-refractivity contribution in [3.63, 3.8) is 0 Å². The molecule has 10 heteroatoms. The number of halogens is 2. The number of hydrogen-bond donors (Lipinski definition) is 1. The van der Waals surface area contributed by atoms with Crippen molar-refractivity contribution in [2.24, 2.45) is 0 Å². The number of rotatable bonds is 4. The second-order valence-corrected chi connectivity index (χ2v) is 6.25. The van der Waals surface area contributed by atoms with E-state index in [0.717, 1.165) is 12.1 Å². The summed E-state index contributed by atoms with van der Waals surface area (Å²) in [4.78, 5) is 9.54. The fourth-order valence-electron chi connectivity index (χ4n) is 1.57. The predicted octanol–water partition coefficient (Wildman–Crippen LogP) is 3.94. The summed E-state index contributed by atoms with van der Waals surface area (Å²) in [6.07, 6.45) is 0. The second-order valence-electron chi connectivity index (χ2n) is 4.04. The van der Waals surface area contributed by atoms with Gasteiger partial charge in [0.15, 0.2) is 0 Å². The summed E-state index contributed by atoms with van der Waals surface area (Å²) in [6, 6.07) is 7.10. The Labute approximate surface area is 134 Å². The van der Waals surface area contributed by atoms with E-state index in [2.05, 4.69) is 0 Å². The fraction of sp³-hybridized carbons (Fsp3) is 0. The minimum Gasteiger partial charge on any atom is -0.456 e. The third kappa shape index (κ3) is 3.66. The summed E-state index contributed by atoms with van der Waals surface area (Å²) in [5.41, 5.74) is -0.197. The molecule has 0 unspecified atom stereocenters. The lowest BCUT2D eigenvalue weighted by Crippen LogP contribution is -1.99. The standard InChI is InChI=1S/C12H7Cl2NO6S/c13-9-5-7(15(16)17)1-3-11(9)21-8-2-4-12(10(14)6-8)22(18,19)20/h1-6H,(H,18,19,20). The molecule has 0 saturated carbocycles. The third-order valence-electron chi connectivity index (χ3n) is 2.54. The maximum Gasteiger partial charge on any atom is 0.296 e. The van der Waals surface area contributed by atoms with Gasteiger partial charge < -0.3 is 4.74 Å². The molecular weight excluding hydrogens is 357 g/mol. The van der Waals surface area contributed by atoms with Crippen LogP contribution < -0.4 is 4.74 Å². The van der Waals surface area contributed by atoms with Crippen LogP contribution in [0, 0.1) is 10.1 Å². The number of nitro groups is 1. The van der Waals surface area contributed by atoms with Crippen LogP contribution in [-0.2, 0) is 10.1 Å². The van der Waals surface area contributed by atoms with E-state index in [1.807, 2.05) is 0 Å². The molecule has 0 aliphatic rings. The summed E-state index contributed by atoms with van der Waals surface area (Å²) in [6.45, 7) is 0. The highest BCUT2D eigenvalue weighted by atomic mass is 35.5. The third-order valence-corrected chi connectivity index (χ3v) is 4.17. The van der Waals surface area contributed by atoms with E-state index in [-0.39, 0.29) is 27.2 Å². The van der Waals surface area contributed by atoms with Gasteiger partial charge in [0.05, 0.1) is 15.0 Å². The van der Waals surface area contributed by atoms with Crippen molar-refractivity contribution in [2.75, 3.05) is 0 Å². The van der Waals surface area contributed by atoms with Crippen LogP contribution in [0.1, 0.15) is 0 Å². The van der Waals surface area contributed by atoms with Crippen LogP contribution in [0.4, 0.5) is 5.69 Å². The average Bonchev–Trinajstić information content (AvgIpc) is 2.39. The van der Waals surface area contributed by atoms with E-state index in [1.165, 1.54) is 24.3 Å². The fourth-order valence-corrected chi connectivity index (χ4v) is 2.79. The van der Waals surface area contributed by atoms with Crippen LogP contribution in [-0.4, -0.2) is 17.9 Å². The molecule has 0 aromatic heterocycles. The molecule has 2 aromatic carbocycles. The Kier molecular flexibility index (Phi) is 4.57. The van der Waals surface area contributed by atoms with Gasteiger partial charge in [0, 0.05) is 18.2 Å². The van der Waals surface area contributed by atoms with Gasteiger partial charge in [-0.05, 0) is 18.2 Å². The molecule has 0 heterocycles. The Bertz CT molecular complexity index is 853. The second kappa shape index (κ2) is 6.09. The van der Waals surface area contributed by atoms with Crippen molar-refractivity contribution in [3.8, 4) is 11.5 Å². The maximum atomic E-state index is 11.0. The number of nitrogens with zero attached hydrogens (tertiary/aromatic N) is 1. The van der Waals surface area contributed by atoms with Gasteiger partial charge in [0.2, 0.25) is 0 Å². The molecule has 7 nitrogen and oxygen atoms in total. The first-order valence-electron chi connectivity index (χ1n) is 5.57. The lowest BCUT2D eigenvalue weighted by Gasteiger charge is -2.09. The van der Waals surface area contributed by atoms with Crippen LogP contribution >= 0.6 is 23.2 Å². The van der Waals surface area contributed by atoms with E-state index < -0.39 is 19.9 Å². The van der Waals surface area contributed by atoms with Gasteiger partial charge in [-0.3, -0.25) is 14.7 Å². The summed E-state index contributed by atoms with van der Waals surface area (Å²) >= 11 is 11.6. The molecule has 0 atom stereocenters. The Morgan fingerprint density at radius 1 is 1.09 bits per heavy atom. The zero-order valence-electron chi connectivity index (χ0n) is 10.6. The molecular formula is C12H7Cl2NO6S. The van der Waals surface area contributed by atoms with Gasteiger partial charge in [-0.2, -0.15) is 8.42 Å². The number of nitro benzene ring substituents is 1. The quantitative estimate of drug-likeness (QED) is 0.500. The van der Waals surface area contributed by atoms with Crippen molar-refractivity contribution < 1.29 is 22.6 Å². The first-order chi connectivity index (χ1) is 10.2. The Morgan fingerprint density at radius 2 is 1.77 bits per heavy atom. The molecule has 0 amide bonds. The van der Waals surface area contributed by atoms with Crippen molar-refractivity contribution >= 4 is 39.0 Å². The predicted molar refractivity (Wildman–Crippen MR) is 79.4 cm³/mol. The van der Waals surface area contributed by atoms with E-state index in [0.29, 0.717) is 0 Å². The zero-order chi connectivity index (χ0) is 16.5. The van der Waals surface area contributed by atoms with E-state index in [1.54, 1.807) is 0 Å². The smallest absolute Gasteiger partial charge is 0.296 e. The topological polar surface area (TPSA) is 107 Å². The SMILES string of the molecule is O=[N+]([O-])c1ccc(Oc2ccc(S(=O)(=O)O)c(Cl)c2)c(Cl)c1. The monoisotopic (exact) mass is 363 g/mol. The van der Waals surface area contributed by atoms with Gasteiger partial charge >= 0.3 is 0 Å². The highest BCUT2D eigenvalue weighted by molar-refractivity contribution is 7.86. The largest absolute Gasteiger partial charge is 0.456 e. The number of benzene rings is 2. The van der Waals surface area contributed by atoms with Crippen LogP contribution in [0.3, 0.4) is 0 Å². The summed E-state index contributed by atoms with van der Waals surface area (Å²) in [5, 5.41) is 10.4. The van der Waals surface area contributed by atoms with Crippen molar-refractivity contribution in [2.45, 2.75) is 4.90 Å². The van der Waals surface area contributed by atoms with E-state index in [4.69, 9.17) is 32.5 Å². The minimum absolute atomic E-state index is 0.00387. The molecule has 0 radical (unpaired) electrons. The summed E-state index contributed by atoms with van der Waals surface area (Å²) < 4.78 is 36.4. The van der Waals surface area contributed by atoms with Gasteiger partial charge in [-0.15, -0.1) is 0 Å². The van der Waals surface area contributed by atoms with E-state index in [9.17, 15) is 18.5 Å². The van der Waals surface area contributed by atoms with Crippen LogP contribution in [0.5, 0.6) is 11.5 Å². The molecule has 0 fully saturated rings. The number of ether oxygens (including phenoxy) is 1. The first-order valence-corrected chi connectivity index (χ1v) is 7.77. The number of hydrogen-bond acceptors (Lipinski definition) is 5. The highest BCUT2D eigenvalue weighted by Crippen LogP contribution is 2.34. The van der Waals surface area contributed by atoms with Gasteiger partial charge in [-0.1, -0.05) is 23.2 Å². The Hall–Kier alpha value is -1.87. The first kappa shape index (κ1) is 16.5. The average molecular weight is 364 g/mol. The molecule has 1 N–H and O–H groups in total. The summed E-state index contributed by atoms with van der Waals surface area (Å²) in [7, 11) is -4.43. The van der Waals surface area contributed by atoms with Crippen LogP contribution in [0.15, 0.2) is 41.3 Å². The number of non-ortho nitro benzene ring substituents is 1. The van der Waals surface area contributed by atoms with Gasteiger partial charge in [-0.25, -0.2) is 0 Å². The molecule has 2 rings (SSSR count). The molecule has 0 saturated heterocycles. The van der Waals surface area contributed by atoms with Crippen molar-refractivity contribution in [3.05, 3.63) is 56.6 Å². The molecule has 2 aromatic rings. The molecule has 22 heavy (non-hydrogen) atoms. The minimum atomic E-state index is -4.43. The zero-order valence-corrected chi connectivity index (χ0v) is 12.9. The van der Waals surface area contributed by atoms with Gasteiger partial charge in [0.25, 0.3) is 15.8 Å².